The number of rotatable bonds is 0. The van der Waals surface area contributed by atoms with Crippen molar-refractivity contribution in [3.8, 4) is 0 Å². The van der Waals surface area contributed by atoms with Crippen LogP contribution >= 0.6 is 12.2 Å². The first-order chi connectivity index (χ1) is 3.80. The Hall–Kier alpha value is -0.510. The Labute approximate surface area is 52.7 Å². The molecule has 0 aromatic heterocycles. The number of nitrogens with one attached hydrogen (secondary N) is 1. The van der Waals surface area contributed by atoms with Gasteiger partial charge in [0.05, 0.1) is 6.20 Å². The summed E-state index contributed by atoms with van der Waals surface area (Å²) in [5, 5.41) is 10.4. The van der Waals surface area contributed by atoms with E-state index in [-0.39, 0.29) is 5.06 Å². The zero-order valence-electron chi connectivity index (χ0n) is 4.13. The summed E-state index contributed by atoms with van der Waals surface area (Å²) in [6, 6.07) is 0. The van der Waals surface area contributed by atoms with Gasteiger partial charge in [0.15, 0.2) is 0 Å². The second-order valence-corrected chi connectivity index (χ2v) is 1.89. The van der Waals surface area contributed by atoms with Crippen LogP contribution in [-0.4, -0.2) is 4.99 Å². The lowest BCUT2D eigenvalue weighted by Crippen LogP contribution is -3.04. The first kappa shape index (κ1) is 5.62. The third-order valence-electron chi connectivity index (χ3n) is 0.849. The lowest BCUT2D eigenvalue weighted by Gasteiger charge is -2.15. The van der Waals surface area contributed by atoms with Crippen LogP contribution in [0.3, 0.4) is 0 Å². The fourth-order valence-corrected chi connectivity index (χ4v) is 0.597. The average molecular weight is 127 g/mol. The Morgan fingerprint density at radius 3 is 2.62 bits per heavy atom. The normalized spacial score (nSPS) is 26.6. The van der Waals surface area contributed by atoms with E-state index < -0.39 is 0 Å². The van der Waals surface area contributed by atoms with Crippen LogP contribution in [0.1, 0.15) is 0 Å². The fourth-order valence-electron chi connectivity index (χ4n) is 0.450. The van der Waals surface area contributed by atoms with Crippen molar-refractivity contribution in [2.45, 2.75) is 0 Å². The van der Waals surface area contributed by atoms with Crippen LogP contribution in [0.5, 0.6) is 0 Å². The number of hydrogen-bond acceptors (Lipinski definition) is 2. The van der Waals surface area contributed by atoms with Crippen molar-refractivity contribution >= 4 is 17.2 Å². The van der Waals surface area contributed by atoms with Gasteiger partial charge in [-0.05, 0) is 18.3 Å². The summed E-state index contributed by atoms with van der Waals surface area (Å²) < 4.78 is 0. The Kier molecular flexibility index (Phi) is 1.53. The monoisotopic (exact) mass is 127 g/mol. The molecule has 0 amide bonds. The number of quaternary nitrogens is 1. The molecule has 8 heavy (non-hydrogen) atoms. The maximum absolute atomic E-state index is 10.5. The van der Waals surface area contributed by atoms with Gasteiger partial charge in [-0.15, -0.1) is 0 Å². The quantitative estimate of drug-likeness (QED) is 0.360. The molecule has 0 spiro atoms. The molecule has 0 aromatic carbocycles. The molecule has 1 rings (SSSR count). The molecule has 1 aliphatic heterocycles. The van der Waals surface area contributed by atoms with Gasteiger partial charge >= 0.3 is 0 Å². The molecule has 0 aliphatic carbocycles. The van der Waals surface area contributed by atoms with Gasteiger partial charge in [-0.3, -0.25) is 0 Å². The SMILES string of the molecule is [O-][NH+]1C=CC=CC1=S. The van der Waals surface area contributed by atoms with E-state index in [9.17, 15) is 5.21 Å². The largest absolute Gasteiger partial charge is 0.623 e. The summed E-state index contributed by atoms with van der Waals surface area (Å²) in [5.74, 6) is 0. The molecule has 1 aliphatic rings. The van der Waals surface area contributed by atoms with Crippen LogP contribution in [-0.2, 0) is 0 Å². The predicted molar refractivity (Wildman–Crippen MR) is 35.2 cm³/mol. The molecular weight excluding hydrogens is 122 g/mol. The summed E-state index contributed by atoms with van der Waals surface area (Å²) in [6.07, 6.45) is 6.52. The molecule has 0 fully saturated rings. The number of allylic oxidation sites excluding steroid dienone is 2. The minimum absolute atomic E-state index is 0.0671. The second kappa shape index (κ2) is 2.17. The third kappa shape index (κ3) is 1.01. The maximum Gasteiger partial charge on any atom is 0.201 e. The Bertz CT molecular complexity index is 162. The van der Waals surface area contributed by atoms with Crippen molar-refractivity contribution < 1.29 is 5.06 Å². The van der Waals surface area contributed by atoms with Crippen LogP contribution in [0.4, 0.5) is 0 Å². The Balaban J connectivity index is 2.74. The lowest BCUT2D eigenvalue weighted by atomic mass is 10.4. The molecule has 0 bridgehead atoms. The van der Waals surface area contributed by atoms with Gasteiger partial charge in [0.1, 0.15) is 0 Å². The van der Waals surface area contributed by atoms with Crippen LogP contribution < -0.4 is 5.06 Å². The van der Waals surface area contributed by atoms with E-state index in [4.69, 9.17) is 0 Å². The van der Waals surface area contributed by atoms with Crippen molar-refractivity contribution in [1.29, 1.82) is 0 Å². The molecule has 2 nitrogen and oxygen atoms in total. The Morgan fingerprint density at radius 2 is 2.25 bits per heavy atom. The zero-order chi connectivity index (χ0) is 5.98. The standard InChI is InChI=1S/C5H5NOS/c7-6-4-2-1-3-5(6)8/h1-4,6H. The van der Waals surface area contributed by atoms with Crippen molar-refractivity contribution in [3.05, 3.63) is 29.6 Å². The minimum Gasteiger partial charge on any atom is -0.623 e. The molecule has 1 N–H and O–H groups in total. The highest BCUT2D eigenvalue weighted by molar-refractivity contribution is 7.80. The van der Waals surface area contributed by atoms with E-state index >= 15 is 0 Å². The highest BCUT2D eigenvalue weighted by atomic mass is 32.1. The smallest absolute Gasteiger partial charge is 0.201 e. The van der Waals surface area contributed by atoms with E-state index in [1.807, 2.05) is 0 Å². The summed E-state index contributed by atoms with van der Waals surface area (Å²) in [5.41, 5.74) is 0. The molecule has 1 heterocycles. The van der Waals surface area contributed by atoms with E-state index in [1.54, 1.807) is 18.2 Å². The highest BCUT2D eigenvalue weighted by Crippen LogP contribution is 1.79. The second-order valence-electron chi connectivity index (χ2n) is 1.45. The zero-order valence-corrected chi connectivity index (χ0v) is 4.94. The number of hydrogen-bond donors (Lipinski definition) is 1. The van der Waals surface area contributed by atoms with Crippen LogP contribution in [0.2, 0.25) is 0 Å². The van der Waals surface area contributed by atoms with Gasteiger partial charge in [-0.1, -0.05) is 6.08 Å². The minimum atomic E-state index is -0.0671. The number of thiocarbonyl (C=S) groups is 1. The first-order valence-electron chi connectivity index (χ1n) is 2.24. The Morgan fingerprint density at radius 1 is 1.50 bits per heavy atom. The molecule has 1 unspecified atom stereocenters. The molecular formula is C5H5NOS. The molecule has 0 aromatic rings. The van der Waals surface area contributed by atoms with Gasteiger partial charge in [0.25, 0.3) is 0 Å². The summed E-state index contributed by atoms with van der Waals surface area (Å²) in [7, 11) is 0. The molecule has 0 saturated heterocycles. The van der Waals surface area contributed by atoms with Crippen molar-refractivity contribution in [1.82, 2.24) is 0 Å². The van der Waals surface area contributed by atoms with E-state index in [2.05, 4.69) is 12.2 Å². The van der Waals surface area contributed by atoms with Crippen LogP contribution in [0, 0.1) is 5.21 Å². The molecule has 42 valence electrons. The van der Waals surface area contributed by atoms with Gasteiger partial charge in [-0.2, -0.15) is 0 Å². The van der Waals surface area contributed by atoms with Crippen LogP contribution in [0.25, 0.3) is 0 Å². The summed E-state index contributed by atoms with van der Waals surface area (Å²) >= 11 is 4.64. The molecule has 3 heteroatoms. The van der Waals surface area contributed by atoms with E-state index in [0.717, 1.165) is 0 Å². The number of hydroxylamine groups is 2. The topological polar surface area (TPSA) is 27.5 Å². The first-order valence-corrected chi connectivity index (χ1v) is 2.64. The average Bonchev–Trinajstić information content (AvgIpc) is 1.77. The fraction of sp³-hybridized carbons (Fsp3) is 0. The van der Waals surface area contributed by atoms with Crippen molar-refractivity contribution in [2.24, 2.45) is 0 Å². The van der Waals surface area contributed by atoms with Gasteiger partial charge in [0, 0.05) is 6.08 Å². The summed E-state index contributed by atoms with van der Waals surface area (Å²) in [4.78, 5) is 0.396. The lowest BCUT2D eigenvalue weighted by molar-refractivity contribution is -0.679. The van der Waals surface area contributed by atoms with Crippen molar-refractivity contribution in [3.63, 3.8) is 0 Å². The maximum atomic E-state index is 10.5. The van der Waals surface area contributed by atoms with Gasteiger partial charge < -0.3 is 10.3 Å². The third-order valence-corrected chi connectivity index (χ3v) is 1.19. The molecule has 0 saturated carbocycles. The van der Waals surface area contributed by atoms with Gasteiger partial charge in [0.2, 0.25) is 4.99 Å². The molecule has 0 radical (unpaired) electrons. The highest BCUT2D eigenvalue weighted by Gasteiger charge is 1.98. The summed E-state index contributed by atoms with van der Waals surface area (Å²) in [6.45, 7) is 0. The van der Waals surface area contributed by atoms with E-state index in [0.29, 0.717) is 4.99 Å². The predicted octanol–water partition coefficient (Wildman–Crippen LogP) is -0.220. The van der Waals surface area contributed by atoms with E-state index in [1.165, 1.54) is 6.20 Å². The van der Waals surface area contributed by atoms with Gasteiger partial charge in [-0.25, -0.2) is 0 Å². The van der Waals surface area contributed by atoms with Crippen LogP contribution in [0.15, 0.2) is 24.4 Å². The molecule has 1 atom stereocenters. The van der Waals surface area contributed by atoms with Crippen molar-refractivity contribution in [2.75, 3.05) is 0 Å².